The molecule has 1 aliphatic rings. The minimum atomic E-state index is -0.708. The monoisotopic (exact) mass is 196 g/mol. The van der Waals surface area contributed by atoms with E-state index in [0.717, 1.165) is 6.42 Å². The van der Waals surface area contributed by atoms with E-state index in [1.54, 1.807) is 0 Å². The summed E-state index contributed by atoms with van der Waals surface area (Å²) < 4.78 is 0. The second-order valence-electron chi connectivity index (χ2n) is 4.82. The summed E-state index contributed by atoms with van der Waals surface area (Å²) in [5.74, 6) is 0.281. The van der Waals surface area contributed by atoms with Gasteiger partial charge in [0.15, 0.2) is 0 Å². The number of hydrogen-bond acceptors (Lipinski definition) is 2. The molecule has 2 nitrogen and oxygen atoms in total. The molecule has 1 aliphatic carbocycles. The molecule has 0 heterocycles. The minimum absolute atomic E-state index is 0.281. The van der Waals surface area contributed by atoms with E-state index in [1.807, 2.05) is 32.9 Å². The number of carbonyl (C=O) groups excluding carboxylic acids is 1. The Balaban J connectivity index is 2.83. The Kier molecular flexibility index (Phi) is 3.15. The Labute approximate surface area is 86.0 Å². The summed E-state index contributed by atoms with van der Waals surface area (Å²) in [6.45, 7) is 5.82. The zero-order valence-corrected chi connectivity index (χ0v) is 9.34. The largest absolute Gasteiger partial charge is 0.390 e. The average Bonchev–Trinajstić information content (AvgIpc) is 2.10. The molecule has 2 unspecified atom stereocenters. The van der Waals surface area contributed by atoms with E-state index in [-0.39, 0.29) is 11.2 Å². The molecule has 80 valence electrons. The van der Waals surface area contributed by atoms with Crippen molar-refractivity contribution in [3.8, 4) is 0 Å². The van der Waals surface area contributed by atoms with Crippen molar-refractivity contribution >= 4 is 5.78 Å². The molecule has 1 N–H and O–H groups in total. The lowest BCUT2D eigenvalue weighted by molar-refractivity contribution is -0.140. The number of allylic oxidation sites excluding steroid dienone is 2. The van der Waals surface area contributed by atoms with Gasteiger partial charge in [0.05, 0.1) is 5.60 Å². The molecule has 0 saturated heterocycles. The molecule has 14 heavy (non-hydrogen) atoms. The molecule has 2 atom stereocenters. The quantitative estimate of drug-likeness (QED) is 0.689. The van der Waals surface area contributed by atoms with Crippen LogP contribution in [0.3, 0.4) is 0 Å². The third kappa shape index (κ3) is 2.06. The van der Waals surface area contributed by atoms with Gasteiger partial charge in [-0.25, -0.2) is 0 Å². The van der Waals surface area contributed by atoms with E-state index in [4.69, 9.17) is 0 Å². The first-order valence-electron chi connectivity index (χ1n) is 5.26. The molecule has 2 heteroatoms. The Bertz CT molecular complexity index is 253. The summed E-state index contributed by atoms with van der Waals surface area (Å²) in [5.41, 5.74) is -0.991. The fourth-order valence-corrected chi connectivity index (χ4v) is 2.07. The summed E-state index contributed by atoms with van der Waals surface area (Å²) in [5, 5.41) is 10.3. The fourth-order valence-electron chi connectivity index (χ4n) is 2.07. The van der Waals surface area contributed by atoms with Crippen LogP contribution >= 0.6 is 0 Å². The molecule has 0 bridgehead atoms. The molecule has 1 saturated carbocycles. The SMILES string of the molecule is CC=CCC1(C)CC(=O)CCC1(C)O. The van der Waals surface area contributed by atoms with Crippen molar-refractivity contribution < 1.29 is 9.90 Å². The van der Waals surface area contributed by atoms with Crippen molar-refractivity contribution in [2.24, 2.45) is 5.41 Å². The van der Waals surface area contributed by atoms with E-state index >= 15 is 0 Å². The van der Waals surface area contributed by atoms with Gasteiger partial charge in [0, 0.05) is 18.3 Å². The highest BCUT2D eigenvalue weighted by Crippen LogP contribution is 2.45. The van der Waals surface area contributed by atoms with Crippen LogP contribution in [0.25, 0.3) is 0 Å². The van der Waals surface area contributed by atoms with Gasteiger partial charge in [-0.3, -0.25) is 4.79 Å². The molecular weight excluding hydrogens is 176 g/mol. The van der Waals surface area contributed by atoms with Gasteiger partial charge < -0.3 is 5.11 Å². The third-order valence-corrected chi connectivity index (χ3v) is 3.58. The van der Waals surface area contributed by atoms with Crippen LogP contribution in [0.4, 0.5) is 0 Å². The van der Waals surface area contributed by atoms with Gasteiger partial charge in [0.25, 0.3) is 0 Å². The van der Waals surface area contributed by atoms with Crippen LogP contribution in [0.5, 0.6) is 0 Å². The Hall–Kier alpha value is -0.630. The second kappa shape index (κ2) is 3.85. The Morgan fingerprint density at radius 1 is 1.50 bits per heavy atom. The molecule has 0 radical (unpaired) electrons. The molecule has 1 fully saturated rings. The summed E-state index contributed by atoms with van der Waals surface area (Å²) in [7, 11) is 0. The lowest BCUT2D eigenvalue weighted by Crippen LogP contribution is -2.48. The first-order valence-corrected chi connectivity index (χ1v) is 5.26. The van der Waals surface area contributed by atoms with Crippen molar-refractivity contribution in [1.29, 1.82) is 0 Å². The number of rotatable bonds is 2. The topological polar surface area (TPSA) is 37.3 Å². The standard InChI is InChI=1S/C12H20O2/c1-4-5-7-11(2)9-10(13)6-8-12(11,3)14/h4-5,14H,6-9H2,1-3H3. The van der Waals surface area contributed by atoms with E-state index in [0.29, 0.717) is 19.3 Å². The first-order chi connectivity index (χ1) is 6.41. The van der Waals surface area contributed by atoms with Crippen LogP contribution < -0.4 is 0 Å². The van der Waals surface area contributed by atoms with Crippen LogP contribution in [-0.2, 0) is 4.79 Å². The van der Waals surface area contributed by atoms with Gasteiger partial charge in [0.2, 0.25) is 0 Å². The van der Waals surface area contributed by atoms with E-state index in [2.05, 4.69) is 0 Å². The zero-order chi connectivity index (χ0) is 10.8. The van der Waals surface area contributed by atoms with Gasteiger partial charge in [-0.1, -0.05) is 19.1 Å². The van der Waals surface area contributed by atoms with Crippen molar-refractivity contribution in [2.75, 3.05) is 0 Å². The molecule has 0 aromatic heterocycles. The van der Waals surface area contributed by atoms with E-state index in [1.165, 1.54) is 0 Å². The van der Waals surface area contributed by atoms with Gasteiger partial charge in [-0.05, 0) is 26.7 Å². The smallest absolute Gasteiger partial charge is 0.133 e. The molecular formula is C12H20O2. The van der Waals surface area contributed by atoms with Gasteiger partial charge in [-0.15, -0.1) is 0 Å². The average molecular weight is 196 g/mol. The highest BCUT2D eigenvalue weighted by Gasteiger charge is 2.46. The maximum atomic E-state index is 11.4. The molecule has 0 aromatic rings. The number of carbonyl (C=O) groups is 1. The van der Waals surface area contributed by atoms with Crippen LogP contribution in [0.1, 0.15) is 46.5 Å². The van der Waals surface area contributed by atoms with Crippen molar-refractivity contribution in [2.45, 2.75) is 52.1 Å². The van der Waals surface area contributed by atoms with Crippen molar-refractivity contribution in [3.63, 3.8) is 0 Å². The fraction of sp³-hybridized carbons (Fsp3) is 0.750. The molecule has 0 aliphatic heterocycles. The van der Waals surface area contributed by atoms with Gasteiger partial charge >= 0.3 is 0 Å². The molecule has 0 amide bonds. The summed E-state index contributed by atoms with van der Waals surface area (Å²) >= 11 is 0. The summed E-state index contributed by atoms with van der Waals surface area (Å²) in [6.07, 6.45) is 6.42. The number of hydrogen-bond donors (Lipinski definition) is 1. The minimum Gasteiger partial charge on any atom is -0.390 e. The molecule has 0 spiro atoms. The number of aliphatic hydroxyl groups is 1. The maximum absolute atomic E-state index is 11.4. The third-order valence-electron chi connectivity index (χ3n) is 3.58. The predicted molar refractivity (Wildman–Crippen MR) is 57.0 cm³/mol. The van der Waals surface area contributed by atoms with Gasteiger partial charge in [-0.2, -0.15) is 0 Å². The highest BCUT2D eigenvalue weighted by atomic mass is 16.3. The predicted octanol–water partition coefficient (Wildman–Crippen LogP) is 2.46. The van der Waals surface area contributed by atoms with Crippen LogP contribution in [-0.4, -0.2) is 16.5 Å². The van der Waals surface area contributed by atoms with Crippen LogP contribution in [0, 0.1) is 5.41 Å². The molecule has 1 rings (SSSR count). The number of Topliss-reactive ketones (excluding diaryl/α,β-unsaturated/α-hetero) is 1. The van der Waals surface area contributed by atoms with Crippen molar-refractivity contribution in [3.05, 3.63) is 12.2 Å². The van der Waals surface area contributed by atoms with E-state index < -0.39 is 5.60 Å². The van der Waals surface area contributed by atoms with Crippen LogP contribution in [0.2, 0.25) is 0 Å². The van der Waals surface area contributed by atoms with E-state index in [9.17, 15) is 9.90 Å². The first kappa shape index (κ1) is 11.4. The normalized spacial score (nSPS) is 39.3. The van der Waals surface area contributed by atoms with Crippen LogP contribution in [0.15, 0.2) is 12.2 Å². The second-order valence-corrected chi connectivity index (χ2v) is 4.82. The number of ketones is 1. The Morgan fingerprint density at radius 2 is 2.14 bits per heavy atom. The van der Waals surface area contributed by atoms with Crippen molar-refractivity contribution in [1.82, 2.24) is 0 Å². The Morgan fingerprint density at radius 3 is 2.71 bits per heavy atom. The summed E-state index contributed by atoms with van der Waals surface area (Å²) in [4.78, 5) is 11.4. The van der Waals surface area contributed by atoms with Gasteiger partial charge in [0.1, 0.15) is 5.78 Å². The lowest BCUT2D eigenvalue weighted by Gasteiger charge is -2.45. The molecule has 0 aromatic carbocycles. The zero-order valence-electron chi connectivity index (χ0n) is 9.34. The highest BCUT2D eigenvalue weighted by molar-refractivity contribution is 5.80. The summed E-state index contributed by atoms with van der Waals surface area (Å²) in [6, 6.07) is 0. The lowest BCUT2D eigenvalue weighted by atomic mass is 9.63. The maximum Gasteiger partial charge on any atom is 0.133 e.